The topological polar surface area (TPSA) is 68.3 Å². The smallest absolute Gasteiger partial charge is 0.270 e. The van der Waals surface area contributed by atoms with Crippen LogP contribution >= 0.6 is 0 Å². The number of ketones is 1. The lowest BCUT2D eigenvalue weighted by molar-refractivity contribution is 0.0775. The SMILES string of the molecule is CC(=O)c1cc(C(=O)N(C)Cc2c(C)noc2C)n(C)c1. The minimum Gasteiger partial charge on any atom is -0.361 e. The van der Waals surface area contributed by atoms with E-state index in [0.29, 0.717) is 23.6 Å². The molecule has 2 aromatic heterocycles. The second kappa shape index (κ2) is 5.55. The summed E-state index contributed by atoms with van der Waals surface area (Å²) < 4.78 is 6.77. The molecule has 2 heterocycles. The molecule has 0 aromatic carbocycles. The first-order chi connectivity index (χ1) is 9.81. The van der Waals surface area contributed by atoms with E-state index in [0.717, 1.165) is 11.3 Å². The van der Waals surface area contributed by atoms with Gasteiger partial charge in [-0.15, -0.1) is 0 Å². The van der Waals surface area contributed by atoms with E-state index in [1.54, 1.807) is 35.8 Å². The number of hydrogen-bond donors (Lipinski definition) is 0. The molecule has 2 rings (SSSR count). The summed E-state index contributed by atoms with van der Waals surface area (Å²) in [6, 6.07) is 1.62. The molecule has 0 aliphatic carbocycles. The predicted molar refractivity (Wildman–Crippen MR) is 77.2 cm³/mol. The predicted octanol–water partition coefficient (Wildman–Crippen LogP) is 2.10. The molecule has 21 heavy (non-hydrogen) atoms. The van der Waals surface area contributed by atoms with Crippen LogP contribution in [0.3, 0.4) is 0 Å². The van der Waals surface area contributed by atoms with Crippen molar-refractivity contribution in [1.82, 2.24) is 14.6 Å². The van der Waals surface area contributed by atoms with Gasteiger partial charge >= 0.3 is 0 Å². The van der Waals surface area contributed by atoms with Crippen molar-refractivity contribution in [2.75, 3.05) is 7.05 Å². The van der Waals surface area contributed by atoms with Crippen LogP contribution in [0.15, 0.2) is 16.8 Å². The van der Waals surface area contributed by atoms with Crippen molar-refractivity contribution in [3.05, 3.63) is 40.5 Å². The highest BCUT2D eigenvalue weighted by molar-refractivity contribution is 5.99. The molecule has 0 unspecified atom stereocenters. The molecule has 0 spiro atoms. The van der Waals surface area contributed by atoms with E-state index < -0.39 is 0 Å². The van der Waals surface area contributed by atoms with Crippen molar-refractivity contribution in [3.63, 3.8) is 0 Å². The zero-order valence-corrected chi connectivity index (χ0v) is 12.9. The minimum absolute atomic E-state index is 0.0574. The van der Waals surface area contributed by atoms with Gasteiger partial charge in [-0.05, 0) is 26.8 Å². The Hall–Kier alpha value is -2.37. The molecule has 0 bridgehead atoms. The summed E-state index contributed by atoms with van der Waals surface area (Å²) in [4.78, 5) is 25.5. The van der Waals surface area contributed by atoms with Crippen LogP contribution in [0.1, 0.15) is 44.8 Å². The van der Waals surface area contributed by atoms with Gasteiger partial charge in [0, 0.05) is 31.4 Å². The Labute approximate surface area is 123 Å². The molecule has 112 valence electrons. The van der Waals surface area contributed by atoms with Gasteiger partial charge in [-0.1, -0.05) is 5.16 Å². The van der Waals surface area contributed by atoms with Gasteiger partial charge in [-0.2, -0.15) is 0 Å². The van der Waals surface area contributed by atoms with Crippen LogP contribution < -0.4 is 0 Å². The summed E-state index contributed by atoms with van der Waals surface area (Å²) in [5.41, 5.74) is 2.70. The highest BCUT2D eigenvalue weighted by Gasteiger charge is 2.20. The Morgan fingerprint density at radius 2 is 2.05 bits per heavy atom. The number of nitrogens with zero attached hydrogens (tertiary/aromatic N) is 3. The highest BCUT2D eigenvalue weighted by atomic mass is 16.5. The zero-order valence-electron chi connectivity index (χ0n) is 12.9. The number of Topliss-reactive ketones (excluding diaryl/α,β-unsaturated/α-hetero) is 1. The molecule has 0 atom stereocenters. The van der Waals surface area contributed by atoms with Gasteiger partial charge in [-0.3, -0.25) is 9.59 Å². The molecule has 0 aliphatic rings. The van der Waals surface area contributed by atoms with Crippen molar-refractivity contribution >= 4 is 11.7 Å². The van der Waals surface area contributed by atoms with Crippen LogP contribution in [-0.4, -0.2) is 33.4 Å². The maximum Gasteiger partial charge on any atom is 0.270 e. The molecular formula is C15H19N3O3. The lowest BCUT2D eigenvalue weighted by atomic mass is 10.2. The second-order valence-corrected chi connectivity index (χ2v) is 5.25. The molecule has 6 nitrogen and oxygen atoms in total. The van der Waals surface area contributed by atoms with Gasteiger partial charge in [-0.25, -0.2) is 0 Å². The van der Waals surface area contributed by atoms with Crippen LogP contribution in [0, 0.1) is 13.8 Å². The van der Waals surface area contributed by atoms with E-state index in [2.05, 4.69) is 5.16 Å². The average molecular weight is 289 g/mol. The van der Waals surface area contributed by atoms with Crippen LogP contribution in [0.25, 0.3) is 0 Å². The van der Waals surface area contributed by atoms with Gasteiger partial charge in [0.05, 0.1) is 12.2 Å². The Morgan fingerprint density at radius 1 is 1.38 bits per heavy atom. The Bertz CT molecular complexity index is 678. The number of carbonyl (C=O) groups excluding carboxylic acids is 2. The van der Waals surface area contributed by atoms with E-state index >= 15 is 0 Å². The van der Waals surface area contributed by atoms with Crippen molar-refractivity contribution in [1.29, 1.82) is 0 Å². The second-order valence-electron chi connectivity index (χ2n) is 5.25. The van der Waals surface area contributed by atoms with E-state index in [1.807, 2.05) is 13.8 Å². The van der Waals surface area contributed by atoms with Crippen LogP contribution in [0.4, 0.5) is 0 Å². The van der Waals surface area contributed by atoms with Crippen molar-refractivity contribution < 1.29 is 14.1 Å². The molecule has 1 amide bonds. The van der Waals surface area contributed by atoms with Gasteiger partial charge < -0.3 is 14.0 Å². The highest BCUT2D eigenvalue weighted by Crippen LogP contribution is 2.16. The van der Waals surface area contributed by atoms with Gasteiger partial charge in [0.1, 0.15) is 11.5 Å². The Balaban J connectivity index is 2.22. The van der Waals surface area contributed by atoms with Gasteiger partial charge in [0.15, 0.2) is 5.78 Å². The Morgan fingerprint density at radius 3 is 2.52 bits per heavy atom. The number of hydrogen-bond acceptors (Lipinski definition) is 4. The summed E-state index contributed by atoms with van der Waals surface area (Å²) in [6.07, 6.45) is 1.67. The molecule has 2 aromatic rings. The molecular weight excluding hydrogens is 270 g/mol. The van der Waals surface area contributed by atoms with Crippen molar-refractivity contribution in [2.45, 2.75) is 27.3 Å². The van der Waals surface area contributed by atoms with Crippen LogP contribution in [-0.2, 0) is 13.6 Å². The molecule has 0 saturated heterocycles. The fourth-order valence-electron chi connectivity index (χ4n) is 2.20. The van der Waals surface area contributed by atoms with E-state index in [4.69, 9.17) is 4.52 Å². The normalized spacial score (nSPS) is 10.7. The summed E-state index contributed by atoms with van der Waals surface area (Å²) in [7, 11) is 3.47. The quantitative estimate of drug-likeness (QED) is 0.808. The lowest BCUT2D eigenvalue weighted by Crippen LogP contribution is -2.28. The standard InChI is InChI=1S/C15H19N3O3/c1-9-13(11(3)21-16-9)8-18(5)15(20)14-6-12(10(2)19)7-17(14)4/h6-7H,8H2,1-5H3. The molecule has 0 fully saturated rings. The first-order valence-electron chi connectivity index (χ1n) is 6.65. The third kappa shape index (κ3) is 2.89. The fraction of sp³-hybridized carbons (Fsp3) is 0.400. The summed E-state index contributed by atoms with van der Waals surface area (Å²) in [6.45, 7) is 5.57. The molecule has 6 heteroatoms. The number of aryl methyl sites for hydroxylation is 3. The van der Waals surface area contributed by atoms with Crippen LogP contribution in [0.5, 0.6) is 0 Å². The zero-order chi connectivity index (χ0) is 15.7. The van der Waals surface area contributed by atoms with Gasteiger partial charge in [0.25, 0.3) is 5.91 Å². The molecule has 0 aliphatic heterocycles. The number of rotatable bonds is 4. The van der Waals surface area contributed by atoms with Crippen molar-refractivity contribution in [2.24, 2.45) is 7.05 Å². The third-order valence-corrected chi connectivity index (χ3v) is 3.55. The average Bonchev–Trinajstić information content (AvgIpc) is 2.95. The van der Waals surface area contributed by atoms with E-state index in [9.17, 15) is 9.59 Å². The van der Waals surface area contributed by atoms with Crippen molar-refractivity contribution in [3.8, 4) is 0 Å². The first-order valence-corrected chi connectivity index (χ1v) is 6.65. The molecule has 0 N–H and O–H groups in total. The number of carbonyl (C=O) groups is 2. The van der Waals surface area contributed by atoms with Crippen LogP contribution in [0.2, 0.25) is 0 Å². The van der Waals surface area contributed by atoms with E-state index in [-0.39, 0.29) is 11.7 Å². The first kappa shape index (κ1) is 15.0. The maximum atomic E-state index is 12.5. The molecule has 0 radical (unpaired) electrons. The minimum atomic E-state index is -0.148. The largest absolute Gasteiger partial charge is 0.361 e. The van der Waals surface area contributed by atoms with E-state index in [1.165, 1.54) is 6.92 Å². The molecule has 0 saturated carbocycles. The Kier molecular flexibility index (Phi) is 3.97. The summed E-state index contributed by atoms with van der Waals surface area (Å²) in [5, 5.41) is 3.88. The third-order valence-electron chi connectivity index (χ3n) is 3.55. The monoisotopic (exact) mass is 289 g/mol. The fourth-order valence-corrected chi connectivity index (χ4v) is 2.20. The summed E-state index contributed by atoms with van der Waals surface area (Å²) in [5.74, 6) is 0.506. The maximum absolute atomic E-state index is 12.5. The lowest BCUT2D eigenvalue weighted by Gasteiger charge is -2.17. The number of aromatic nitrogens is 2. The van der Waals surface area contributed by atoms with Gasteiger partial charge in [0.2, 0.25) is 0 Å². The summed E-state index contributed by atoms with van der Waals surface area (Å²) >= 11 is 0. The number of amides is 1.